The van der Waals surface area contributed by atoms with Crippen molar-refractivity contribution in [2.75, 3.05) is 0 Å². The molecule has 1 fully saturated rings. The van der Waals surface area contributed by atoms with E-state index in [1.165, 1.54) is 5.56 Å². The van der Waals surface area contributed by atoms with Gasteiger partial charge >= 0.3 is 0 Å². The minimum Gasteiger partial charge on any atom is -0.393 e. The number of hydrogen-bond donors (Lipinski definition) is 1. The van der Waals surface area contributed by atoms with E-state index in [2.05, 4.69) is 12.1 Å². The molecule has 0 saturated heterocycles. The van der Waals surface area contributed by atoms with Gasteiger partial charge in [-0.2, -0.15) is 0 Å². The molecule has 1 amide bonds. The minimum absolute atomic E-state index is 0.103. The highest BCUT2D eigenvalue weighted by atomic mass is 16.3. The molecule has 1 aliphatic rings. The number of benzene rings is 1. The van der Waals surface area contributed by atoms with Crippen LogP contribution < -0.4 is 0 Å². The van der Waals surface area contributed by atoms with Gasteiger partial charge in [-0.15, -0.1) is 0 Å². The molecule has 1 aromatic carbocycles. The number of aliphatic hydroxyl groups excluding tert-OH is 1. The largest absolute Gasteiger partial charge is 0.393 e. The minimum atomic E-state index is -0.320. The Balaban J connectivity index is 2.17. The van der Waals surface area contributed by atoms with Crippen molar-refractivity contribution < 1.29 is 9.90 Å². The normalized spacial score (nSPS) is 26.6. The van der Waals surface area contributed by atoms with Crippen LogP contribution in [-0.2, 0) is 4.79 Å². The second kappa shape index (κ2) is 6.40. The first kappa shape index (κ1) is 15.0. The number of nitrogens with zero attached hydrogens (tertiary/aromatic N) is 1. The highest BCUT2D eigenvalue weighted by molar-refractivity contribution is 5.74. The van der Waals surface area contributed by atoms with Crippen molar-refractivity contribution in [2.24, 2.45) is 0 Å². The van der Waals surface area contributed by atoms with Gasteiger partial charge in [0.05, 0.1) is 6.10 Å². The van der Waals surface area contributed by atoms with Crippen LogP contribution in [0, 0.1) is 0 Å². The van der Waals surface area contributed by atoms with Gasteiger partial charge < -0.3 is 10.0 Å². The van der Waals surface area contributed by atoms with Gasteiger partial charge in [-0.1, -0.05) is 30.3 Å². The van der Waals surface area contributed by atoms with Gasteiger partial charge in [0.15, 0.2) is 0 Å². The third kappa shape index (κ3) is 3.40. The number of rotatable bonds is 3. The van der Waals surface area contributed by atoms with Crippen LogP contribution in [0.1, 0.15) is 51.5 Å². The predicted octanol–water partition coefficient (Wildman–Crippen LogP) is 2.94. The summed E-state index contributed by atoms with van der Waals surface area (Å²) in [6, 6.07) is 10.6. The summed E-state index contributed by atoms with van der Waals surface area (Å²) in [5.41, 5.74) is 1.27. The molecule has 0 aliphatic heterocycles. The lowest BCUT2D eigenvalue weighted by atomic mass is 9.79. The molecule has 0 radical (unpaired) electrons. The Labute approximate surface area is 121 Å². The Hall–Kier alpha value is -1.35. The molecule has 0 bridgehead atoms. The van der Waals surface area contributed by atoms with Crippen molar-refractivity contribution in [1.82, 2.24) is 4.90 Å². The van der Waals surface area contributed by atoms with Crippen LogP contribution >= 0.6 is 0 Å². The fourth-order valence-corrected chi connectivity index (χ4v) is 3.53. The molecule has 1 aliphatic carbocycles. The van der Waals surface area contributed by atoms with Crippen molar-refractivity contribution in [3.63, 3.8) is 0 Å². The molecule has 0 spiro atoms. The van der Waals surface area contributed by atoms with Crippen molar-refractivity contribution in [3.8, 4) is 0 Å². The van der Waals surface area contributed by atoms with E-state index in [0.29, 0.717) is 12.3 Å². The monoisotopic (exact) mass is 275 g/mol. The van der Waals surface area contributed by atoms with Gasteiger partial charge in [0.2, 0.25) is 5.91 Å². The quantitative estimate of drug-likeness (QED) is 0.921. The molecule has 110 valence electrons. The highest BCUT2D eigenvalue weighted by Gasteiger charge is 2.34. The zero-order chi connectivity index (χ0) is 14.7. The van der Waals surface area contributed by atoms with E-state index in [1.54, 1.807) is 6.92 Å². The number of hydrogen-bond acceptors (Lipinski definition) is 2. The maximum Gasteiger partial charge on any atom is 0.219 e. The second-order valence-corrected chi connectivity index (χ2v) is 6.14. The van der Waals surface area contributed by atoms with Crippen LogP contribution in [0.4, 0.5) is 0 Å². The molecular formula is C17H25NO2. The van der Waals surface area contributed by atoms with Crippen molar-refractivity contribution >= 4 is 5.91 Å². The molecule has 1 N–H and O–H groups in total. The van der Waals surface area contributed by atoms with Gasteiger partial charge in [-0.3, -0.25) is 4.79 Å². The molecule has 3 heteroatoms. The van der Waals surface area contributed by atoms with Crippen molar-refractivity contribution in [3.05, 3.63) is 35.9 Å². The molecule has 2 rings (SSSR count). The standard InChI is InChI=1S/C17H25NO2/c1-12(2)18(13(3)19)16-9-15(10-17(20)11-16)14-7-5-4-6-8-14/h4-8,12,15-17,20H,9-11H2,1-3H3/t15-,16?,17+/m0/s1. The van der Waals surface area contributed by atoms with Gasteiger partial charge in [-0.05, 0) is 44.6 Å². The van der Waals surface area contributed by atoms with Gasteiger partial charge in [-0.25, -0.2) is 0 Å². The second-order valence-electron chi connectivity index (χ2n) is 6.14. The van der Waals surface area contributed by atoms with Crippen LogP contribution in [0.3, 0.4) is 0 Å². The summed E-state index contributed by atoms with van der Waals surface area (Å²) < 4.78 is 0. The molecule has 3 nitrogen and oxygen atoms in total. The fraction of sp³-hybridized carbons (Fsp3) is 0.588. The molecule has 1 unspecified atom stereocenters. The van der Waals surface area contributed by atoms with E-state index >= 15 is 0 Å². The van der Waals surface area contributed by atoms with E-state index < -0.39 is 0 Å². The summed E-state index contributed by atoms with van der Waals surface area (Å²) in [7, 11) is 0. The Morgan fingerprint density at radius 1 is 1.20 bits per heavy atom. The van der Waals surface area contributed by atoms with Crippen LogP contribution in [0.2, 0.25) is 0 Å². The molecule has 20 heavy (non-hydrogen) atoms. The topological polar surface area (TPSA) is 40.5 Å². The Morgan fingerprint density at radius 3 is 2.40 bits per heavy atom. The zero-order valence-electron chi connectivity index (χ0n) is 12.6. The Kier molecular flexibility index (Phi) is 4.81. The first-order valence-electron chi connectivity index (χ1n) is 7.51. The average molecular weight is 275 g/mol. The lowest BCUT2D eigenvalue weighted by Crippen LogP contribution is -2.48. The van der Waals surface area contributed by atoms with E-state index in [4.69, 9.17) is 0 Å². The first-order chi connectivity index (χ1) is 9.49. The Morgan fingerprint density at radius 2 is 1.85 bits per heavy atom. The maximum atomic E-state index is 11.9. The lowest BCUT2D eigenvalue weighted by Gasteiger charge is -2.41. The number of carbonyl (C=O) groups excluding carboxylic acids is 1. The maximum absolute atomic E-state index is 11.9. The van der Waals surface area contributed by atoms with Crippen molar-refractivity contribution in [1.29, 1.82) is 0 Å². The summed E-state index contributed by atoms with van der Waals surface area (Å²) >= 11 is 0. The third-order valence-electron chi connectivity index (χ3n) is 4.24. The zero-order valence-corrected chi connectivity index (χ0v) is 12.6. The summed E-state index contributed by atoms with van der Waals surface area (Å²) in [6.07, 6.45) is 2.11. The van der Waals surface area contributed by atoms with Gasteiger partial charge in [0, 0.05) is 19.0 Å². The van der Waals surface area contributed by atoms with E-state index in [-0.39, 0.29) is 24.1 Å². The van der Waals surface area contributed by atoms with Crippen molar-refractivity contribution in [2.45, 2.75) is 64.1 Å². The molecule has 1 aromatic rings. The van der Waals surface area contributed by atoms with Gasteiger partial charge in [0.25, 0.3) is 0 Å². The number of aliphatic hydroxyl groups is 1. The summed E-state index contributed by atoms with van der Waals surface area (Å²) in [4.78, 5) is 13.8. The summed E-state index contributed by atoms with van der Waals surface area (Å²) in [6.45, 7) is 5.71. The number of amides is 1. The van der Waals surface area contributed by atoms with E-state index in [0.717, 1.165) is 12.8 Å². The summed E-state index contributed by atoms with van der Waals surface area (Å²) in [5, 5.41) is 10.2. The molecule has 0 heterocycles. The molecule has 1 saturated carbocycles. The van der Waals surface area contributed by atoms with Crippen LogP contribution in [0.15, 0.2) is 30.3 Å². The highest BCUT2D eigenvalue weighted by Crippen LogP contribution is 2.35. The Bertz CT molecular complexity index is 444. The fourth-order valence-electron chi connectivity index (χ4n) is 3.53. The van der Waals surface area contributed by atoms with Crippen LogP contribution in [0.5, 0.6) is 0 Å². The van der Waals surface area contributed by atoms with E-state index in [9.17, 15) is 9.90 Å². The molecule has 0 aromatic heterocycles. The van der Waals surface area contributed by atoms with E-state index in [1.807, 2.05) is 36.9 Å². The SMILES string of the molecule is CC(=O)N(C(C)C)C1C[C@H](O)C[C@@H](c2ccccc2)C1. The molecule has 3 atom stereocenters. The average Bonchev–Trinajstić information content (AvgIpc) is 2.38. The number of carbonyl (C=O) groups is 1. The third-order valence-corrected chi connectivity index (χ3v) is 4.24. The van der Waals surface area contributed by atoms with Gasteiger partial charge in [0.1, 0.15) is 0 Å². The molecular weight excluding hydrogens is 250 g/mol. The first-order valence-corrected chi connectivity index (χ1v) is 7.51. The lowest BCUT2D eigenvalue weighted by molar-refractivity contribution is -0.134. The van der Waals surface area contributed by atoms with Crippen LogP contribution in [0.25, 0.3) is 0 Å². The smallest absolute Gasteiger partial charge is 0.219 e. The predicted molar refractivity (Wildman–Crippen MR) is 80.5 cm³/mol. The van der Waals surface area contributed by atoms with Crippen LogP contribution in [-0.4, -0.2) is 34.1 Å². The summed E-state index contributed by atoms with van der Waals surface area (Å²) in [5.74, 6) is 0.441.